The molecule has 1 aromatic rings. The van der Waals surface area contributed by atoms with Crippen molar-refractivity contribution in [3.8, 4) is 0 Å². The van der Waals surface area contributed by atoms with E-state index >= 15 is 0 Å². The fourth-order valence-corrected chi connectivity index (χ4v) is 3.33. The van der Waals surface area contributed by atoms with Crippen molar-refractivity contribution in [2.75, 3.05) is 7.05 Å². The van der Waals surface area contributed by atoms with Crippen LogP contribution in [0, 0.1) is 0 Å². The third-order valence-corrected chi connectivity index (χ3v) is 4.25. The van der Waals surface area contributed by atoms with Gasteiger partial charge in [-0.2, -0.15) is 5.10 Å². The lowest BCUT2D eigenvalue weighted by Crippen LogP contribution is -2.16. The number of rotatable bonds is 2. The average Bonchev–Trinajstić information content (AvgIpc) is 2.90. The second-order valence-corrected chi connectivity index (χ2v) is 5.16. The Morgan fingerprint density at radius 2 is 2.06 bits per heavy atom. The van der Waals surface area contributed by atoms with Crippen LogP contribution in [-0.4, -0.2) is 16.8 Å². The molecule has 1 heterocycles. The van der Waals surface area contributed by atoms with Crippen LogP contribution < -0.4 is 5.32 Å². The maximum atomic E-state index is 4.64. The SMILES string of the molecule is CN[C@@H]1CCc2c1cnn2C1CCCCC1. The van der Waals surface area contributed by atoms with Gasteiger partial charge >= 0.3 is 0 Å². The third kappa shape index (κ3) is 1.58. The molecule has 1 atom stereocenters. The van der Waals surface area contributed by atoms with E-state index in [1.165, 1.54) is 56.2 Å². The van der Waals surface area contributed by atoms with Gasteiger partial charge in [0.2, 0.25) is 0 Å². The van der Waals surface area contributed by atoms with Crippen LogP contribution in [-0.2, 0) is 6.42 Å². The van der Waals surface area contributed by atoms with Crippen molar-refractivity contribution in [1.29, 1.82) is 0 Å². The van der Waals surface area contributed by atoms with Gasteiger partial charge in [0.25, 0.3) is 0 Å². The third-order valence-electron chi connectivity index (χ3n) is 4.25. The van der Waals surface area contributed by atoms with Gasteiger partial charge in [-0.15, -0.1) is 0 Å². The van der Waals surface area contributed by atoms with Crippen LogP contribution in [0.1, 0.15) is 61.9 Å². The van der Waals surface area contributed by atoms with Crippen molar-refractivity contribution in [3.63, 3.8) is 0 Å². The number of hydrogen-bond acceptors (Lipinski definition) is 2. The van der Waals surface area contributed by atoms with Crippen LogP contribution in [0.25, 0.3) is 0 Å². The minimum absolute atomic E-state index is 0.548. The lowest BCUT2D eigenvalue weighted by molar-refractivity contribution is 0.322. The lowest BCUT2D eigenvalue weighted by atomic mass is 9.95. The highest BCUT2D eigenvalue weighted by atomic mass is 15.3. The first kappa shape index (κ1) is 10.3. The molecule has 1 saturated carbocycles. The van der Waals surface area contributed by atoms with E-state index in [1.807, 2.05) is 0 Å². The summed E-state index contributed by atoms with van der Waals surface area (Å²) in [6.07, 6.45) is 11.4. The van der Waals surface area contributed by atoms with Gasteiger partial charge in [-0.3, -0.25) is 4.68 Å². The van der Waals surface area contributed by atoms with Crippen molar-refractivity contribution in [2.45, 2.75) is 57.0 Å². The van der Waals surface area contributed by atoms with Crippen LogP contribution in [0.5, 0.6) is 0 Å². The molecule has 1 aromatic heterocycles. The molecule has 0 amide bonds. The predicted molar refractivity (Wildman–Crippen MR) is 64.5 cm³/mol. The molecule has 2 aliphatic carbocycles. The Morgan fingerprint density at radius 1 is 1.25 bits per heavy atom. The Morgan fingerprint density at radius 3 is 2.81 bits per heavy atom. The van der Waals surface area contributed by atoms with E-state index in [-0.39, 0.29) is 0 Å². The van der Waals surface area contributed by atoms with Crippen molar-refractivity contribution in [2.24, 2.45) is 0 Å². The van der Waals surface area contributed by atoms with E-state index in [1.54, 1.807) is 0 Å². The Balaban J connectivity index is 1.86. The standard InChI is InChI=1S/C13H21N3/c1-14-12-7-8-13-11(12)9-15-16(13)10-5-3-2-4-6-10/h9-10,12,14H,2-8H2,1H3/t12-/m1/s1. The molecular formula is C13H21N3. The lowest BCUT2D eigenvalue weighted by Gasteiger charge is -2.23. The highest BCUT2D eigenvalue weighted by Crippen LogP contribution is 2.35. The summed E-state index contributed by atoms with van der Waals surface area (Å²) in [4.78, 5) is 0. The molecule has 3 heteroatoms. The normalized spacial score (nSPS) is 25.9. The van der Waals surface area contributed by atoms with E-state index in [2.05, 4.69) is 28.3 Å². The van der Waals surface area contributed by atoms with E-state index in [9.17, 15) is 0 Å². The topological polar surface area (TPSA) is 29.9 Å². The zero-order chi connectivity index (χ0) is 11.0. The molecule has 1 N–H and O–H groups in total. The summed E-state index contributed by atoms with van der Waals surface area (Å²) in [5.41, 5.74) is 2.96. The Kier molecular flexibility index (Phi) is 2.72. The fraction of sp³-hybridized carbons (Fsp3) is 0.769. The zero-order valence-electron chi connectivity index (χ0n) is 10.1. The van der Waals surface area contributed by atoms with Crippen molar-refractivity contribution in [3.05, 3.63) is 17.5 Å². The summed E-state index contributed by atoms with van der Waals surface area (Å²) in [7, 11) is 2.05. The fourth-order valence-electron chi connectivity index (χ4n) is 3.33. The average molecular weight is 219 g/mol. The summed E-state index contributed by atoms with van der Waals surface area (Å²) in [5.74, 6) is 0. The Bertz CT molecular complexity index is 363. The van der Waals surface area contributed by atoms with Gasteiger partial charge in [-0.1, -0.05) is 19.3 Å². The smallest absolute Gasteiger partial charge is 0.0540 e. The Hall–Kier alpha value is -0.830. The van der Waals surface area contributed by atoms with Gasteiger partial charge in [-0.05, 0) is 32.7 Å². The molecule has 2 aliphatic rings. The monoisotopic (exact) mass is 219 g/mol. The molecular weight excluding hydrogens is 198 g/mol. The molecule has 0 bridgehead atoms. The zero-order valence-corrected chi connectivity index (χ0v) is 10.1. The first-order valence-electron chi connectivity index (χ1n) is 6.63. The maximum Gasteiger partial charge on any atom is 0.0540 e. The number of hydrogen-bond donors (Lipinski definition) is 1. The highest BCUT2D eigenvalue weighted by Gasteiger charge is 2.28. The number of nitrogens with one attached hydrogen (secondary N) is 1. The molecule has 3 rings (SSSR count). The van der Waals surface area contributed by atoms with E-state index < -0.39 is 0 Å². The first-order chi connectivity index (χ1) is 7.90. The van der Waals surface area contributed by atoms with Gasteiger partial charge in [0.05, 0.1) is 12.2 Å². The van der Waals surface area contributed by atoms with Gasteiger partial charge in [0, 0.05) is 17.3 Å². The molecule has 0 aliphatic heterocycles. The quantitative estimate of drug-likeness (QED) is 0.828. The predicted octanol–water partition coefficient (Wildman–Crippen LogP) is 2.60. The van der Waals surface area contributed by atoms with E-state index in [0.29, 0.717) is 12.1 Å². The van der Waals surface area contributed by atoms with E-state index in [4.69, 9.17) is 0 Å². The maximum absolute atomic E-state index is 4.64. The summed E-state index contributed by atoms with van der Waals surface area (Å²) in [6.45, 7) is 0. The molecule has 0 saturated heterocycles. The molecule has 1 fully saturated rings. The molecule has 0 spiro atoms. The summed E-state index contributed by atoms with van der Waals surface area (Å²) < 4.78 is 2.34. The second-order valence-electron chi connectivity index (χ2n) is 5.16. The minimum atomic E-state index is 0.548. The Labute approximate surface area is 97.2 Å². The van der Waals surface area contributed by atoms with Crippen LogP contribution in [0.3, 0.4) is 0 Å². The van der Waals surface area contributed by atoms with Crippen LogP contribution >= 0.6 is 0 Å². The highest BCUT2D eigenvalue weighted by molar-refractivity contribution is 5.27. The molecule has 16 heavy (non-hydrogen) atoms. The number of nitrogens with zero attached hydrogens (tertiary/aromatic N) is 2. The van der Waals surface area contributed by atoms with Crippen molar-refractivity contribution >= 4 is 0 Å². The van der Waals surface area contributed by atoms with Gasteiger partial charge in [0.15, 0.2) is 0 Å². The van der Waals surface area contributed by atoms with Crippen LogP contribution in [0.2, 0.25) is 0 Å². The van der Waals surface area contributed by atoms with Gasteiger partial charge < -0.3 is 5.32 Å². The summed E-state index contributed by atoms with van der Waals surface area (Å²) in [6, 6.07) is 1.24. The minimum Gasteiger partial charge on any atom is -0.313 e. The first-order valence-corrected chi connectivity index (χ1v) is 6.63. The van der Waals surface area contributed by atoms with Crippen molar-refractivity contribution < 1.29 is 0 Å². The molecule has 3 nitrogen and oxygen atoms in total. The largest absolute Gasteiger partial charge is 0.313 e. The second kappa shape index (κ2) is 4.21. The number of aromatic nitrogens is 2. The van der Waals surface area contributed by atoms with Gasteiger partial charge in [0.1, 0.15) is 0 Å². The summed E-state index contributed by atoms with van der Waals surface area (Å²) in [5, 5.41) is 8.02. The van der Waals surface area contributed by atoms with Crippen molar-refractivity contribution in [1.82, 2.24) is 15.1 Å². The van der Waals surface area contributed by atoms with Crippen LogP contribution in [0.15, 0.2) is 6.20 Å². The molecule has 0 unspecified atom stereocenters. The van der Waals surface area contributed by atoms with E-state index in [0.717, 1.165) is 0 Å². The molecule has 0 aromatic carbocycles. The van der Waals surface area contributed by atoms with Gasteiger partial charge in [-0.25, -0.2) is 0 Å². The van der Waals surface area contributed by atoms with Crippen LogP contribution in [0.4, 0.5) is 0 Å². The summed E-state index contributed by atoms with van der Waals surface area (Å²) >= 11 is 0. The molecule has 88 valence electrons. The number of fused-ring (bicyclic) bond motifs is 1. The molecule has 0 radical (unpaired) electrons.